The van der Waals surface area contributed by atoms with Crippen LogP contribution in [0.2, 0.25) is 0 Å². The van der Waals surface area contributed by atoms with Gasteiger partial charge in [-0.3, -0.25) is 14.4 Å². The van der Waals surface area contributed by atoms with Crippen LogP contribution in [0, 0.1) is 0 Å². The lowest BCUT2D eigenvalue weighted by Gasteiger charge is -2.12. The molecule has 0 saturated carbocycles. The van der Waals surface area contributed by atoms with Crippen molar-refractivity contribution >= 4 is 23.5 Å². The fourth-order valence-electron chi connectivity index (χ4n) is 2.34. The van der Waals surface area contributed by atoms with E-state index in [1.54, 1.807) is 55.6 Å². The molecule has 3 N–H and O–H groups in total. The molecule has 0 aromatic heterocycles. The van der Waals surface area contributed by atoms with Crippen LogP contribution in [0.15, 0.2) is 48.5 Å². The highest BCUT2D eigenvalue weighted by Gasteiger charge is 2.13. The lowest BCUT2D eigenvalue weighted by molar-refractivity contribution is -0.137. The number of para-hydroxylation sites is 1. The number of carboxylic acid groups (broad SMARTS) is 1. The second-order valence-corrected chi connectivity index (χ2v) is 5.84. The van der Waals surface area contributed by atoms with Crippen LogP contribution in [0.5, 0.6) is 5.75 Å². The Labute approximate surface area is 162 Å². The van der Waals surface area contributed by atoms with Crippen molar-refractivity contribution in [1.29, 1.82) is 0 Å². The number of benzene rings is 2. The lowest BCUT2D eigenvalue weighted by atomic mass is 10.1. The number of carboxylic acids is 1. The minimum Gasteiger partial charge on any atom is -0.490 e. The first-order valence-electron chi connectivity index (χ1n) is 8.59. The molecule has 0 fully saturated rings. The van der Waals surface area contributed by atoms with Crippen LogP contribution in [0.3, 0.4) is 0 Å². The van der Waals surface area contributed by atoms with E-state index in [0.717, 1.165) is 0 Å². The minimum absolute atomic E-state index is 0.0533. The van der Waals surface area contributed by atoms with E-state index in [1.165, 1.54) is 0 Å². The molecule has 8 nitrogen and oxygen atoms in total. The largest absolute Gasteiger partial charge is 0.490 e. The van der Waals surface area contributed by atoms with Crippen LogP contribution in [0.25, 0.3) is 0 Å². The summed E-state index contributed by atoms with van der Waals surface area (Å²) in [5.74, 6) is -1.34. The zero-order valence-corrected chi connectivity index (χ0v) is 15.4. The number of rotatable bonds is 10. The van der Waals surface area contributed by atoms with Gasteiger partial charge >= 0.3 is 5.97 Å². The van der Waals surface area contributed by atoms with E-state index in [4.69, 9.17) is 14.6 Å². The average Bonchev–Trinajstić information content (AvgIpc) is 2.68. The molecule has 2 amide bonds. The van der Waals surface area contributed by atoms with Crippen molar-refractivity contribution in [2.45, 2.75) is 6.42 Å². The van der Waals surface area contributed by atoms with E-state index < -0.39 is 12.5 Å². The minimum atomic E-state index is -1.10. The first kappa shape index (κ1) is 20.9. The molecule has 148 valence electrons. The number of hydrogen-bond donors (Lipinski definition) is 3. The third-order valence-electron chi connectivity index (χ3n) is 3.69. The van der Waals surface area contributed by atoms with Gasteiger partial charge in [0, 0.05) is 12.8 Å². The van der Waals surface area contributed by atoms with E-state index in [-0.39, 0.29) is 18.2 Å². The van der Waals surface area contributed by atoms with Gasteiger partial charge in [-0.15, -0.1) is 0 Å². The Morgan fingerprint density at radius 1 is 1.00 bits per heavy atom. The summed E-state index contributed by atoms with van der Waals surface area (Å²) in [6, 6.07) is 13.6. The van der Waals surface area contributed by atoms with Crippen molar-refractivity contribution in [1.82, 2.24) is 5.32 Å². The van der Waals surface area contributed by atoms with Crippen LogP contribution in [-0.2, 0) is 20.7 Å². The van der Waals surface area contributed by atoms with Gasteiger partial charge in [-0.25, -0.2) is 0 Å². The molecule has 0 atom stereocenters. The van der Waals surface area contributed by atoms with Crippen LogP contribution < -0.4 is 15.4 Å². The maximum absolute atomic E-state index is 12.5. The highest BCUT2D eigenvalue weighted by atomic mass is 16.5. The van der Waals surface area contributed by atoms with Crippen molar-refractivity contribution in [2.24, 2.45) is 0 Å². The molecule has 0 radical (unpaired) electrons. The van der Waals surface area contributed by atoms with Crippen LogP contribution in [0.4, 0.5) is 5.69 Å². The molecular weight excluding hydrogens is 364 g/mol. The third-order valence-corrected chi connectivity index (χ3v) is 3.69. The highest BCUT2D eigenvalue weighted by molar-refractivity contribution is 6.06. The average molecular weight is 386 g/mol. The number of carbonyl (C=O) groups excluding carboxylic acids is 2. The van der Waals surface area contributed by atoms with Gasteiger partial charge in [0.1, 0.15) is 18.9 Å². The topological polar surface area (TPSA) is 114 Å². The Bertz CT molecular complexity index is 820. The summed E-state index contributed by atoms with van der Waals surface area (Å²) >= 11 is 0. The molecule has 0 bridgehead atoms. The Morgan fingerprint density at radius 2 is 1.71 bits per heavy atom. The molecule has 0 heterocycles. The molecule has 0 aliphatic rings. The molecule has 8 heteroatoms. The summed E-state index contributed by atoms with van der Waals surface area (Å²) in [4.78, 5) is 34.6. The molecule has 0 spiro atoms. The van der Waals surface area contributed by atoms with E-state index in [2.05, 4.69) is 10.6 Å². The maximum Gasteiger partial charge on any atom is 0.322 e. The molecule has 2 aromatic rings. The zero-order chi connectivity index (χ0) is 20.4. The van der Waals surface area contributed by atoms with E-state index in [1.807, 2.05) is 0 Å². The number of ether oxygens (including phenoxy) is 2. The highest BCUT2D eigenvalue weighted by Crippen LogP contribution is 2.20. The van der Waals surface area contributed by atoms with Gasteiger partial charge < -0.3 is 25.2 Å². The quantitative estimate of drug-likeness (QED) is 0.536. The first-order chi connectivity index (χ1) is 13.5. The van der Waals surface area contributed by atoms with Gasteiger partial charge in [0.15, 0.2) is 0 Å². The van der Waals surface area contributed by atoms with Gasteiger partial charge in [-0.05, 0) is 29.8 Å². The lowest BCUT2D eigenvalue weighted by Crippen LogP contribution is -2.30. The van der Waals surface area contributed by atoms with Gasteiger partial charge in [-0.2, -0.15) is 0 Å². The summed E-state index contributed by atoms with van der Waals surface area (Å²) in [6.45, 7) is 0.329. The van der Waals surface area contributed by atoms with E-state index >= 15 is 0 Å². The van der Waals surface area contributed by atoms with E-state index in [9.17, 15) is 14.4 Å². The Kier molecular flexibility index (Phi) is 7.98. The summed E-state index contributed by atoms with van der Waals surface area (Å²) in [6.07, 6.45) is 0.0533. The SMILES string of the molecule is COCCOc1ccccc1C(=O)Nc1ccc(CC(=O)NCC(=O)O)cc1. The van der Waals surface area contributed by atoms with Crippen molar-refractivity contribution in [3.63, 3.8) is 0 Å². The van der Waals surface area contributed by atoms with Crippen LogP contribution in [0.1, 0.15) is 15.9 Å². The van der Waals surface area contributed by atoms with Crippen molar-refractivity contribution in [2.75, 3.05) is 32.2 Å². The van der Waals surface area contributed by atoms with Crippen LogP contribution >= 0.6 is 0 Å². The Balaban J connectivity index is 1.96. The van der Waals surface area contributed by atoms with Crippen LogP contribution in [-0.4, -0.2) is 49.8 Å². The van der Waals surface area contributed by atoms with E-state index in [0.29, 0.717) is 35.8 Å². The van der Waals surface area contributed by atoms with Gasteiger partial charge in [0.25, 0.3) is 5.91 Å². The number of aliphatic carboxylic acids is 1. The number of methoxy groups -OCH3 is 1. The summed E-state index contributed by atoms with van der Waals surface area (Å²) < 4.78 is 10.5. The van der Waals surface area contributed by atoms with Gasteiger partial charge in [0.05, 0.1) is 18.6 Å². The second kappa shape index (κ2) is 10.7. The fourth-order valence-corrected chi connectivity index (χ4v) is 2.34. The number of amides is 2. The monoisotopic (exact) mass is 386 g/mol. The zero-order valence-electron chi connectivity index (χ0n) is 15.4. The summed E-state index contributed by atoms with van der Waals surface area (Å²) in [5.41, 5.74) is 1.66. The third kappa shape index (κ3) is 6.73. The second-order valence-electron chi connectivity index (χ2n) is 5.84. The Hall–Kier alpha value is -3.39. The van der Waals surface area contributed by atoms with Crippen molar-refractivity contribution < 1.29 is 29.0 Å². The van der Waals surface area contributed by atoms with Gasteiger partial charge in [-0.1, -0.05) is 24.3 Å². The van der Waals surface area contributed by atoms with Gasteiger partial charge in [0.2, 0.25) is 5.91 Å². The summed E-state index contributed by atoms with van der Waals surface area (Å²) in [5, 5.41) is 13.6. The molecule has 28 heavy (non-hydrogen) atoms. The molecule has 0 aliphatic heterocycles. The molecule has 0 saturated heterocycles. The predicted molar refractivity (Wildman–Crippen MR) is 103 cm³/mol. The normalized spacial score (nSPS) is 10.2. The summed E-state index contributed by atoms with van der Waals surface area (Å²) in [7, 11) is 1.57. The molecule has 0 aliphatic carbocycles. The molecular formula is C20H22N2O6. The smallest absolute Gasteiger partial charge is 0.322 e. The number of hydrogen-bond acceptors (Lipinski definition) is 5. The molecule has 0 unspecified atom stereocenters. The standard InChI is InChI=1S/C20H22N2O6/c1-27-10-11-28-17-5-3-2-4-16(17)20(26)22-15-8-6-14(7-9-15)12-18(23)21-13-19(24)25/h2-9H,10-13H2,1H3,(H,21,23)(H,22,26)(H,24,25). The first-order valence-corrected chi connectivity index (χ1v) is 8.59. The maximum atomic E-state index is 12.5. The number of carbonyl (C=O) groups is 3. The Morgan fingerprint density at radius 3 is 2.39 bits per heavy atom. The fraction of sp³-hybridized carbons (Fsp3) is 0.250. The number of nitrogens with one attached hydrogen (secondary N) is 2. The van der Waals surface area contributed by atoms with Crippen molar-refractivity contribution in [3.05, 3.63) is 59.7 Å². The molecule has 2 rings (SSSR count). The van der Waals surface area contributed by atoms with Crippen molar-refractivity contribution in [3.8, 4) is 5.75 Å². The molecule has 2 aromatic carbocycles. The predicted octanol–water partition coefficient (Wildman–Crippen LogP) is 1.71. The number of anilines is 1.